The molecule has 118 valence electrons. The molecule has 0 aliphatic rings. The molecule has 0 unspecified atom stereocenters. The fraction of sp³-hybridized carbons (Fsp3) is 0.438. The van der Waals surface area contributed by atoms with Crippen molar-refractivity contribution in [3.05, 3.63) is 35.0 Å². The minimum atomic E-state index is -0.624. The number of thiazole rings is 1. The first-order valence-electron chi connectivity index (χ1n) is 7.15. The highest BCUT2D eigenvalue weighted by molar-refractivity contribution is 7.13. The Labute approximate surface area is 134 Å². The molecule has 0 saturated heterocycles. The second kappa shape index (κ2) is 6.98. The van der Waals surface area contributed by atoms with Crippen molar-refractivity contribution in [3.63, 3.8) is 0 Å². The third-order valence-corrected chi connectivity index (χ3v) is 4.10. The molecule has 0 saturated carbocycles. The van der Waals surface area contributed by atoms with Crippen LogP contribution in [0.3, 0.4) is 0 Å². The summed E-state index contributed by atoms with van der Waals surface area (Å²) < 4.78 is 5.11. The molecule has 1 N–H and O–H groups in total. The summed E-state index contributed by atoms with van der Waals surface area (Å²) >= 11 is 1.44. The van der Waals surface area contributed by atoms with Gasteiger partial charge >= 0.3 is 5.97 Å². The van der Waals surface area contributed by atoms with Gasteiger partial charge in [0.15, 0.2) is 0 Å². The summed E-state index contributed by atoms with van der Waals surface area (Å²) in [4.78, 5) is 20.9. The van der Waals surface area contributed by atoms with E-state index in [2.05, 4.69) is 9.97 Å². The van der Waals surface area contributed by atoms with Crippen LogP contribution in [0.4, 0.5) is 0 Å². The molecule has 2 rings (SSSR count). The molecule has 22 heavy (non-hydrogen) atoms. The Morgan fingerprint density at radius 2 is 2.09 bits per heavy atom. The number of ether oxygens (including phenoxy) is 1. The number of nitrogens with zero attached hydrogens (tertiary/aromatic N) is 2. The van der Waals surface area contributed by atoms with E-state index >= 15 is 0 Å². The SMILES string of the molecule is CCOC(=O)C(C)(C)Cc1cccc(-c2nc(CO)cs2)n1. The Hall–Kier alpha value is -1.79. The maximum atomic E-state index is 12.0. The van der Waals surface area contributed by atoms with Crippen molar-refractivity contribution in [2.75, 3.05) is 6.61 Å². The van der Waals surface area contributed by atoms with Gasteiger partial charge in [0.05, 0.1) is 30.0 Å². The fourth-order valence-electron chi connectivity index (χ4n) is 2.05. The molecule has 0 aromatic carbocycles. The number of hydrogen-bond acceptors (Lipinski definition) is 6. The number of aliphatic hydroxyl groups excluding tert-OH is 1. The van der Waals surface area contributed by atoms with Gasteiger partial charge < -0.3 is 9.84 Å². The summed E-state index contributed by atoms with van der Waals surface area (Å²) in [5.41, 5.74) is 1.58. The molecule has 0 fully saturated rings. The monoisotopic (exact) mass is 320 g/mol. The summed E-state index contributed by atoms with van der Waals surface area (Å²) in [5.74, 6) is -0.223. The van der Waals surface area contributed by atoms with Gasteiger partial charge in [-0.25, -0.2) is 4.98 Å². The van der Waals surface area contributed by atoms with Crippen LogP contribution in [-0.2, 0) is 22.6 Å². The summed E-state index contributed by atoms with van der Waals surface area (Å²) in [6.45, 7) is 5.80. The first kappa shape index (κ1) is 16.6. The van der Waals surface area contributed by atoms with Crippen molar-refractivity contribution >= 4 is 17.3 Å². The maximum Gasteiger partial charge on any atom is 0.311 e. The number of pyridine rings is 1. The second-order valence-electron chi connectivity index (χ2n) is 5.60. The number of aliphatic hydroxyl groups is 1. The molecule has 0 bridgehead atoms. The highest BCUT2D eigenvalue weighted by Gasteiger charge is 2.30. The molecule has 5 nitrogen and oxygen atoms in total. The lowest BCUT2D eigenvalue weighted by Gasteiger charge is -2.21. The third-order valence-electron chi connectivity index (χ3n) is 3.19. The first-order valence-corrected chi connectivity index (χ1v) is 8.03. The molecule has 0 amide bonds. The fourth-order valence-corrected chi connectivity index (χ4v) is 2.83. The molecule has 2 heterocycles. The van der Waals surface area contributed by atoms with Crippen molar-refractivity contribution in [2.45, 2.75) is 33.8 Å². The zero-order valence-electron chi connectivity index (χ0n) is 13.0. The zero-order chi connectivity index (χ0) is 16.2. The molecule has 6 heteroatoms. The summed E-state index contributed by atoms with van der Waals surface area (Å²) in [6, 6.07) is 5.67. The van der Waals surface area contributed by atoms with Crippen LogP contribution in [0.1, 0.15) is 32.2 Å². The highest BCUT2D eigenvalue weighted by atomic mass is 32.1. The van der Waals surface area contributed by atoms with Gasteiger partial charge in [-0.1, -0.05) is 6.07 Å². The summed E-state index contributed by atoms with van der Waals surface area (Å²) in [7, 11) is 0. The average Bonchev–Trinajstić information content (AvgIpc) is 2.96. The van der Waals surface area contributed by atoms with Crippen LogP contribution in [0.2, 0.25) is 0 Å². The van der Waals surface area contributed by atoms with E-state index in [1.54, 1.807) is 6.92 Å². The van der Waals surface area contributed by atoms with Crippen molar-refractivity contribution < 1.29 is 14.6 Å². The minimum Gasteiger partial charge on any atom is -0.466 e. The van der Waals surface area contributed by atoms with E-state index in [-0.39, 0.29) is 12.6 Å². The van der Waals surface area contributed by atoms with Gasteiger partial charge in [0.25, 0.3) is 0 Å². The van der Waals surface area contributed by atoms with Crippen LogP contribution in [0.5, 0.6) is 0 Å². The first-order chi connectivity index (χ1) is 10.5. The van der Waals surface area contributed by atoms with E-state index in [1.165, 1.54) is 11.3 Å². The number of esters is 1. The Morgan fingerprint density at radius 1 is 1.32 bits per heavy atom. The van der Waals surface area contributed by atoms with Crippen LogP contribution in [0.15, 0.2) is 23.6 Å². The van der Waals surface area contributed by atoms with Crippen LogP contribution in [0.25, 0.3) is 10.7 Å². The lowest BCUT2D eigenvalue weighted by atomic mass is 9.87. The van der Waals surface area contributed by atoms with Gasteiger partial charge in [0.2, 0.25) is 0 Å². The standard InChI is InChI=1S/C16H20N2O3S/c1-4-21-15(20)16(2,3)8-11-6-5-7-13(17-11)14-18-12(9-19)10-22-14/h5-7,10,19H,4,8-9H2,1-3H3. The average molecular weight is 320 g/mol. The molecule has 0 atom stereocenters. The van der Waals surface area contributed by atoms with E-state index in [9.17, 15) is 4.79 Å². The number of hydrogen-bond donors (Lipinski definition) is 1. The molecule has 0 spiro atoms. The van der Waals surface area contributed by atoms with Crippen LogP contribution < -0.4 is 0 Å². The van der Waals surface area contributed by atoms with Gasteiger partial charge in [-0.15, -0.1) is 11.3 Å². The molecule has 0 aliphatic heterocycles. The van der Waals surface area contributed by atoms with Crippen LogP contribution in [-0.4, -0.2) is 27.7 Å². The van der Waals surface area contributed by atoms with Crippen molar-refractivity contribution in [1.29, 1.82) is 0 Å². The van der Waals surface area contributed by atoms with Crippen molar-refractivity contribution in [1.82, 2.24) is 9.97 Å². The number of carbonyl (C=O) groups excluding carboxylic acids is 1. The van der Waals surface area contributed by atoms with E-state index in [0.29, 0.717) is 18.7 Å². The third kappa shape index (κ3) is 3.90. The van der Waals surface area contributed by atoms with Gasteiger partial charge in [-0.05, 0) is 32.9 Å². The molecular formula is C16H20N2O3S. The topological polar surface area (TPSA) is 72.3 Å². The van der Waals surface area contributed by atoms with Gasteiger partial charge in [-0.2, -0.15) is 0 Å². The molecule has 2 aromatic rings. The summed E-state index contributed by atoms with van der Waals surface area (Å²) in [5, 5.41) is 11.7. The molecular weight excluding hydrogens is 300 g/mol. The van der Waals surface area contributed by atoms with Crippen molar-refractivity contribution in [3.8, 4) is 10.7 Å². The minimum absolute atomic E-state index is 0.0773. The van der Waals surface area contributed by atoms with Gasteiger partial charge in [0.1, 0.15) is 5.01 Å². The predicted octanol–water partition coefficient (Wildman–Crippen LogP) is 2.83. The highest BCUT2D eigenvalue weighted by Crippen LogP contribution is 2.26. The molecule has 2 aromatic heterocycles. The van der Waals surface area contributed by atoms with Crippen molar-refractivity contribution in [2.24, 2.45) is 5.41 Å². The maximum absolute atomic E-state index is 12.0. The van der Waals surface area contributed by atoms with Crippen LogP contribution >= 0.6 is 11.3 Å². The Bertz CT molecular complexity index is 652. The van der Waals surface area contributed by atoms with Gasteiger partial charge in [-0.3, -0.25) is 9.78 Å². The quantitative estimate of drug-likeness (QED) is 0.829. The Balaban J connectivity index is 2.19. The zero-order valence-corrected chi connectivity index (χ0v) is 13.8. The second-order valence-corrected chi connectivity index (χ2v) is 6.46. The lowest BCUT2D eigenvalue weighted by molar-refractivity contribution is -0.153. The Morgan fingerprint density at radius 3 is 2.73 bits per heavy atom. The number of rotatable bonds is 6. The van der Waals surface area contributed by atoms with Crippen LogP contribution in [0, 0.1) is 5.41 Å². The smallest absolute Gasteiger partial charge is 0.311 e. The molecule has 0 aliphatic carbocycles. The Kier molecular flexibility index (Phi) is 5.26. The van der Waals surface area contributed by atoms with E-state index in [0.717, 1.165) is 16.4 Å². The predicted molar refractivity (Wildman–Crippen MR) is 85.4 cm³/mol. The lowest BCUT2D eigenvalue weighted by Crippen LogP contribution is -2.29. The van der Waals surface area contributed by atoms with Gasteiger partial charge in [0, 0.05) is 17.5 Å². The van der Waals surface area contributed by atoms with E-state index in [4.69, 9.17) is 9.84 Å². The van der Waals surface area contributed by atoms with E-state index in [1.807, 2.05) is 37.4 Å². The number of aromatic nitrogens is 2. The van der Waals surface area contributed by atoms with E-state index < -0.39 is 5.41 Å². The normalized spacial score (nSPS) is 11.5. The summed E-state index contributed by atoms with van der Waals surface area (Å²) in [6.07, 6.45) is 0.498. The largest absolute Gasteiger partial charge is 0.466 e. The molecule has 0 radical (unpaired) electrons. The number of carbonyl (C=O) groups is 1.